The smallest absolute Gasteiger partial charge is 0.252 e. The third-order valence-electron chi connectivity index (χ3n) is 5.54. The first kappa shape index (κ1) is 19.5. The minimum Gasteiger partial charge on any atom is -0.351 e. The quantitative estimate of drug-likeness (QED) is 0.702. The number of piperazine rings is 1. The molecular formula is C23H27N5O. The molecule has 0 radical (unpaired) electrons. The van der Waals surface area contributed by atoms with Gasteiger partial charge in [-0.3, -0.25) is 14.7 Å². The second kappa shape index (κ2) is 9.11. The second-order valence-corrected chi connectivity index (χ2v) is 7.35. The first-order valence-corrected chi connectivity index (χ1v) is 10.3. The van der Waals surface area contributed by atoms with Gasteiger partial charge in [-0.1, -0.05) is 25.1 Å². The van der Waals surface area contributed by atoms with Crippen LogP contribution >= 0.6 is 0 Å². The molecule has 1 amide bonds. The highest BCUT2D eigenvalue weighted by Gasteiger charge is 2.17. The lowest BCUT2D eigenvalue weighted by atomic mass is 10.0. The number of carbonyl (C=O) groups is 1. The van der Waals surface area contributed by atoms with Crippen molar-refractivity contribution in [3.8, 4) is 11.3 Å². The molecule has 0 saturated carbocycles. The van der Waals surface area contributed by atoms with Crippen molar-refractivity contribution in [3.63, 3.8) is 0 Å². The summed E-state index contributed by atoms with van der Waals surface area (Å²) in [4.78, 5) is 26.8. The number of likely N-dealkylation sites (N-methyl/N-ethyl adjacent to an activating group) is 1. The number of benzene rings is 1. The minimum absolute atomic E-state index is 0.0547. The Labute approximate surface area is 171 Å². The zero-order chi connectivity index (χ0) is 20.1. The van der Waals surface area contributed by atoms with Crippen LogP contribution in [0.3, 0.4) is 0 Å². The SMILES string of the molecule is CCN1CCN(CCNC(=O)c2cc(-c3cccnc3)nc3ccccc23)CC1. The van der Waals surface area contributed by atoms with E-state index >= 15 is 0 Å². The molecule has 0 atom stereocenters. The summed E-state index contributed by atoms with van der Waals surface area (Å²) >= 11 is 0. The molecule has 1 N–H and O–H groups in total. The van der Waals surface area contributed by atoms with Crippen molar-refractivity contribution in [2.24, 2.45) is 0 Å². The van der Waals surface area contributed by atoms with Gasteiger partial charge >= 0.3 is 0 Å². The largest absolute Gasteiger partial charge is 0.351 e. The van der Waals surface area contributed by atoms with Gasteiger partial charge in [0.05, 0.1) is 16.8 Å². The van der Waals surface area contributed by atoms with Crippen LogP contribution in [0.1, 0.15) is 17.3 Å². The van der Waals surface area contributed by atoms with Crippen molar-refractivity contribution < 1.29 is 4.79 Å². The van der Waals surface area contributed by atoms with Crippen LogP contribution < -0.4 is 5.32 Å². The van der Waals surface area contributed by atoms with E-state index in [0.29, 0.717) is 12.1 Å². The number of fused-ring (bicyclic) bond motifs is 1. The van der Waals surface area contributed by atoms with Gasteiger partial charge in [0.2, 0.25) is 0 Å². The van der Waals surface area contributed by atoms with Gasteiger partial charge in [-0.05, 0) is 30.8 Å². The van der Waals surface area contributed by atoms with Crippen molar-refractivity contribution >= 4 is 16.8 Å². The van der Waals surface area contributed by atoms with Crippen LogP contribution in [0.15, 0.2) is 54.9 Å². The van der Waals surface area contributed by atoms with Crippen LogP contribution in [0, 0.1) is 0 Å². The molecule has 6 heteroatoms. The summed E-state index contributed by atoms with van der Waals surface area (Å²) in [5, 5.41) is 3.97. The Morgan fingerprint density at radius 2 is 1.86 bits per heavy atom. The third kappa shape index (κ3) is 4.60. The van der Waals surface area contributed by atoms with Gasteiger partial charge in [0.25, 0.3) is 5.91 Å². The summed E-state index contributed by atoms with van der Waals surface area (Å²) in [6, 6.07) is 13.5. The van der Waals surface area contributed by atoms with E-state index in [-0.39, 0.29) is 5.91 Å². The maximum Gasteiger partial charge on any atom is 0.252 e. The van der Waals surface area contributed by atoms with Gasteiger partial charge in [0, 0.05) is 62.6 Å². The average Bonchev–Trinajstić information content (AvgIpc) is 2.79. The maximum atomic E-state index is 13.0. The van der Waals surface area contributed by atoms with E-state index in [9.17, 15) is 4.79 Å². The van der Waals surface area contributed by atoms with Crippen molar-refractivity contribution in [1.29, 1.82) is 0 Å². The Balaban J connectivity index is 1.48. The van der Waals surface area contributed by atoms with Gasteiger partial charge in [0.15, 0.2) is 0 Å². The number of hydrogen-bond donors (Lipinski definition) is 1. The van der Waals surface area contributed by atoms with Crippen molar-refractivity contribution in [1.82, 2.24) is 25.1 Å². The van der Waals surface area contributed by atoms with Crippen LogP contribution in [-0.4, -0.2) is 71.5 Å². The number of nitrogens with one attached hydrogen (secondary N) is 1. The fourth-order valence-corrected chi connectivity index (χ4v) is 3.78. The lowest BCUT2D eigenvalue weighted by molar-refractivity contribution is 0.0939. The Morgan fingerprint density at radius 3 is 2.62 bits per heavy atom. The molecular weight excluding hydrogens is 362 g/mol. The van der Waals surface area contributed by atoms with E-state index in [1.165, 1.54) is 0 Å². The molecule has 1 fully saturated rings. The summed E-state index contributed by atoms with van der Waals surface area (Å²) in [5.74, 6) is -0.0547. The minimum atomic E-state index is -0.0547. The molecule has 0 unspecified atom stereocenters. The molecule has 4 rings (SSSR count). The topological polar surface area (TPSA) is 61.4 Å². The Hall–Kier alpha value is -2.83. The summed E-state index contributed by atoms with van der Waals surface area (Å²) in [5.41, 5.74) is 3.14. The van der Waals surface area contributed by atoms with Crippen molar-refractivity contribution in [2.75, 3.05) is 45.8 Å². The molecule has 150 valence electrons. The zero-order valence-corrected chi connectivity index (χ0v) is 16.8. The van der Waals surface area contributed by atoms with Crippen LogP contribution in [-0.2, 0) is 0 Å². The van der Waals surface area contributed by atoms with E-state index in [1.54, 1.807) is 12.4 Å². The molecule has 1 aromatic carbocycles. The highest BCUT2D eigenvalue weighted by molar-refractivity contribution is 6.07. The van der Waals surface area contributed by atoms with Gasteiger partial charge in [0.1, 0.15) is 0 Å². The first-order chi connectivity index (χ1) is 14.2. The van der Waals surface area contributed by atoms with Gasteiger partial charge in [-0.15, -0.1) is 0 Å². The number of amides is 1. The van der Waals surface area contributed by atoms with E-state index in [1.807, 2.05) is 42.5 Å². The molecule has 1 aliphatic rings. The van der Waals surface area contributed by atoms with Crippen molar-refractivity contribution in [3.05, 3.63) is 60.4 Å². The molecule has 29 heavy (non-hydrogen) atoms. The maximum absolute atomic E-state index is 13.0. The predicted octanol–water partition coefficient (Wildman–Crippen LogP) is 2.66. The first-order valence-electron chi connectivity index (χ1n) is 10.3. The van der Waals surface area contributed by atoms with Gasteiger partial charge < -0.3 is 10.2 Å². The monoisotopic (exact) mass is 389 g/mol. The molecule has 3 heterocycles. The number of carbonyl (C=O) groups excluding carboxylic acids is 1. The van der Waals surface area contributed by atoms with Crippen LogP contribution in [0.25, 0.3) is 22.2 Å². The highest BCUT2D eigenvalue weighted by Crippen LogP contribution is 2.24. The molecule has 0 bridgehead atoms. The van der Waals surface area contributed by atoms with E-state index in [4.69, 9.17) is 4.98 Å². The fraction of sp³-hybridized carbons (Fsp3) is 0.348. The number of rotatable bonds is 6. The molecule has 2 aromatic heterocycles. The van der Waals surface area contributed by atoms with Gasteiger partial charge in [-0.25, -0.2) is 4.98 Å². The van der Waals surface area contributed by atoms with E-state index in [0.717, 1.165) is 61.4 Å². The molecule has 6 nitrogen and oxygen atoms in total. The highest BCUT2D eigenvalue weighted by atomic mass is 16.1. The number of pyridine rings is 2. The van der Waals surface area contributed by atoms with Crippen LogP contribution in [0.4, 0.5) is 0 Å². The molecule has 1 aliphatic heterocycles. The number of hydrogen-bond acceptors (Lipinski definition) is 5. The summed E-state index contributed by atoms with van der Waals surface area (Å²) < 4.78 is 0. The summed E-state index contributed by atoms with van der Waals surface area (Å²) in [6.07, 6.45) is 3.51. The van der Waals surface area contributed by atoms with Crippen LogP contribution in [0.5, 0.6) is 0 Å². The Morgan fingerprint density at radius 1 is 1.07 bits per heavy atom. The molecule has 0 aliphatic carbocycles. The summed E-state index contributed by atoms with van der Waals surface area (Å²) in [7, 11) is 0. The van der Waals surface area contributed by atoms with E-state index in [2.05, 4.69) is 27.0 Å². The number of para-hydroxylation sites is 1. The average molecular weight is 390 g/mol. The van der Waals surface area contributed by atoms with E-state index < -0.39 is 0 Å². The fourth-order valence-electron chi connectivity index (χ4n) is 3.78. The lowest BCUT2D eigenvalue weighted by Crippen LogP contribution is -2.48. The molecule has 0 spiro atoms. The normalized spacial score (nSPS) is 15.5. The standard InChI is InChI=1S/C23H27N5O/c1-2-27-12-14-28(15-13-27)11-10-25-23(29)20-16-22(18-6-5-9-24-17-18)26-21-8-4-3-7-19(20)21/h3-9,16-17H,2,10-15H2,1H3,(H,25,29). The number of aromatic nitrogens is 2. The second-order valence-electron chi connectivity index (χ2n) is 7.35. The molecule has 3 aromatic rings. The number of nitrogens with zero attached hydrogens (tertiary/aromatic N) is 4. The van der Waals surface area contributed by atoms with Gasteiger partial charge in [-0.2, -0.15) is 0 Å². The lowest BCUT2D eigenvalue weighted by Gasteiger charge is -2.33. The zero-order valence-electron chi connectivity index (χ0n) is 16.8. The van der Waals surface area contributed by atoms with Crippen molar-refractivity contribution in [2.45, 2.75) is 6.92 Å². The Bertz CT molecular complexity index is 967. The third-order valence-corrected chi connectivity index (χ3v) is 5.54. The Kier molecular flexibility index (Phi) is 6.12. The summed E-state index contributed by atoms with van der Waals surface area (Å²) in [6.45, 7) is 9.17. The van der Waals surface area contributed by atoms with Crippen LogP contribution in [0.2, 0.25) is 0 Å². The molecule has 1 saturated heterocycles. The predicted molar refractivity (Wildman–Crippen MR) is 116 cm³/mol.